The lowest BCUT2D eigenvalue weighted by atomic mass is 9.99. The van der Waals surface area contributed by atoms with Crippen molar-refractivity contribution in [1.29, 1.82) is 0 Å². The van der Waals surface area contributed by atoms with E-state index in [4.69, 9.17) is 0 Å². The minimum Gasteiger partial charge on any atom is -0.150 e. The van der Waals surface area contributed by atoms with Gasteiger partial charge in [-0.15, -0.1) is 0 Å². The van der Waals surface area contributed by atoms with Crippen molar-refractivity contribution in [3.63, 3.8) is 0 Å². The van der Waals surface area contributed by atoms with Gasteiger partial charge in [0.25, 0.3) is 0 Å². The van der Waals surface area contributed by atoms with E-state index in [0.717, 1.165) is 18.4 Å². The van der Waals surface area contributed by atoms with E-state index < -0.39 is 0 Å². The molecule has 2 nitrogen and oxygen atoms in total. The minimum absolute atomic E-state index is 0.157. The van der Waals surface area contributed by atoms with Crippen LogP contribution in [0.3, 0.4) is 0 Å². The SMILES string of the molecule is CCCCCCCCCCCC(N=O)c1ccc(C)cc1. The molecule has 1 aromatic rings. The minimum atomic E-state index is -0.157. The van der Waals surface area contributed by atoms with Gasteiger partial charge in [-0.25, -0.2) is 0 Å². The Morgan fingerprint density at radius 2 is 1.38 bits per heavy atom. The van der Waals surface area contributed by atoms with E-state index in [1.54, 1.807) is 0 Å². The van der Waals surface area contributed by atoms with Gasteiger partial charge in [-0.05, 0) is 18.9 Å². The molecule has 0 saturated heterocycles. The zero-order valence-corrected chi connectivity index (χ0v) is 13.8. The predicted molar refractivity (Wildman–Crippen MR) is 91.6 cm³/mol. The lowest BCUT2D eigenvalue weighted by molar-refractivity contribution is 0.532. The fourth-order valence-electron chi connectivity index (χ4n) is 2.72. The number of hydrogen-bond acceptors (Lipinski definition) is 2. The zero-order chi connectivity index (χ0) is 15.3. The van der Waals surface area contributed by atoms with Crippen LogP contribution >= 0.6 is 0 Å². The Morgan fingerprint density at radius 3 is 1.90 bits per heavy atom. The van der Waals surface area contributed by atoms with Crippen molar-refractivity contribution < 1.29 is 0 Å². The second-order valence-electron chi connectivity index (χ2n) is 6.15. The van der Waals surface area contributed by atoms with Crippen LogP contribution in [0.15, 0.2) is 29.4 Å². The highest BCUT2D eigenvalue weighted by Crippen LogP contribution is 2.24. The molecule has 0 aromatic heterocycles. The highest BCUT2D eigenvalue weighted by molar-refractivity contribution is 5.24. The molecule has 0 N–H and O–H groups in total. The summed E-state index contributed by atoms with van der Waals surface area (Å²) < 4.78 is 0. The molecule has 0 saturated carbocycles. The molecule has 1 unspecified atom stereocenters. The molecule has 0 bridgehead atoms. The molecule has 0 aliphatic carbocycles. The fourth-order valence-corrected chi connectivity index (χ4v) is 2.72. The molecule has 0 radical (unpaired) electrons. The van der Waals surface area contributed by atoms with Gasteiger partial charge in [0.05, 0.1) is 0 Å². The van der Waals surface area contributed by atoms with Gasteiger partial charge < -0.3 is 0 Å². The third-order valence-electron chi connectivity index (χ3n) is 4.17. The molecular weight excluding hydrogens is 258 g/mol. The molecule has 1 aromatic carbocycles. The van der Waals surface area contributed by atoms with Gasteiger partial charge in [0.15, 0.2) is 0 Å². The highest BCUT2D eigenvalue weighted by Gasteiger charge is 2.10. The van der Waals surface area contributed by atoms with Crippen molar-refractivity contribution in [1.82, 2.24) is 0 Å². The van der Waals surface area contributed by atoms with Gasteiger partial charge in [0.2, 0.25) is 0 Å². The quantitative estimate of drug-likeness (QED) is 0.310. The van der Waals surface area contributed by atoms with E-state index >= 15 is 0 Å². The second kappa shape index (κ2) is 11.5. The molecule has 0 spiro atoms. The molecule has 0 fully saturated rings. The summed E-state index contributed by atoms with van der Waals surface area (Å²) in [6.07, 6.45) is 12.7. The van der Waals surface area contributed by atoms with Gasteiger partial charge >= 0.3 is 0 Å². The Morgan fingerprint density at radius 1 is 0.857 bits per heavy atom. The van der Waals surface area contributed by atoms with Crippen LogP contribution in [0.1, 0.15) is 88.3 Å². The Kier molecular flexibility index (Phi) is 9.77. The molecule has 0 aliphatic heterocycles. The third-order valence-corrected chi connectivity index (χ3v) is 4.17. The standard InChI is InChI=1S/C19H31NO/c1-3-4-5-6-7-8-9-10-11-12-19(20-21)18-15-13-17(2)14-16-18/h13-16,19H,3-12H2,1-2H3. The van der Waals surface area contributed by atoms with Crippen molar-refractivity contribution in [2.24, 2.45) is 5.18 Å². The molecule has 118 valence electrons. The summed E-state index contributed by atoms with van der Waals surface area (Å²) in [6.45, 7) is 4.32. The Hall–Kier alpha value is -1.18. The molecule has 21 heavy (non-hydrogen) atoms. The molecule has 2 heteroatoms. The number of aryl methyl sites for hydroxylation is 1. The topological polar surface area (TPSA) is 29.4 Å². The Bertz CT molecular complexity index is 372. The first-order valence-electron chi connectivity index (χ1n) is 8.67. The monoisotopic (exact) mass is 289 g/mol. The number of hydrogen-bond donors (Lipinski definition) is 0. The van der Waals surface area contributed by atoms with Crippen LogP contribution in [0.4, 0.5) is 0 Å². The molecule has 0 heterocycles. The van der Waals surface area contributed by atoms with Crippen LogP contribution in [0.5, 0.6) is 0 Å². The zero-order valence-electron chi connectivity index (χ0n) is 13.8. The first-order chi connectivity index (χ1) is 10.3. The van der Waals surface area contributed by atoms with E-state index in [1.807, 2.05) is 12.1 Å². The van der Waals surface area contributed by atoms with Crippen molar-refractivity contribution in [3.05, 3.63) is 40.3 Å². The van der Waals surface area contributed by atoms with Crippen molar-refractivity contribution in [3.8, 4) is 0 Å². The van der Waals surface area contributed by atoms with Crippen LogP contribution in [0.2, 0.25) is 0 Å². The highest BCUT2D eigenvalue weighted by atomic mass is 16.3. The van der Waals surface area contributed by atoms with Crippen molar-refractivity contribution in [2.75, 3.05) is 0 Å². The summed E-state index contributed by atoms with van der Waals surface area (Å²) >= 11 is 0. The summed E-state index contributed by atoms with van der Waals surface area (Å²) in [6, 6.07) is 8.04. The van der Waals surface area contributed by atoms with Gasteiger partial charge in [-0.3, -0.25) is 0 Å². The molecule has 0 aliphatic rings. The van der Waals surface area contributed by atoms with Crippen LogP contribution in [-0.2, 0) is 0 Å². The average Bonchev–Trinajstić information content (AvgIpc) is 2.51. The maximum absolute atomic E-state index is 11.0. The van der Waals surface area contributed by atoms with Gasteiger partial charge in [0.1, 0.15) is 6.04 Å². The smallest absolute Gasteiger partial charge is 0.117 e. The van der Waals surface area contributed by atoms with Gasteiger partial charge in [-0.2, -0.15) is 4.91 Å². The second-order valence-corrected chi connectivity index (χ2v) is 6.15. The van der Waals surface area contributed by atoms with Crippen molar-refractivity contribution >= 4 is 0 Å². The lowest BCUT2D eigenvalue weighted by Gasteiger charge is -2.09. The molecular formula is C19H31NO. The number of benzene rings is 1. The summed E-state index contributed by atoms with van der Waals surface area (Å²) in [5, 5.41) is 3.31. The van der Waals surface area contributed by atoms with Crippen LogP contribution in [0, 0.1) is 11.8 Å². The number of nitrogens with zero attached hydrogens (tertiary/aromatic N) is 1. The van der Waals surface area contributed by atoms with E-state index in [0.29, 0.717) is 0 Å². The summed E-state index contributed by atoms with van der Waals surface area (Å²) in [5.41, 5.74) is 2.29. The summed E-state index contributed by atoms with van der Waals surface area (Å²) in [5.74, 6) is 0. The summed E-state index contributed by atoms with van der Waals surface area (Å²) in [4.78, 5) is 11.0. The lowest BCUT2D eigenvalue weighted by Crippen LogP contribution is -1.95. The molecule has 1 atom stereocenters. The van der Waals surface area contributed by atoms with Crippen LogP contribution < -0.4 is 0 Å². The summed E-state index contributed by atoms with van der Waals surface area (Å²) in [7, 11) is 0. The van der Waals surface area contributed by atoms with Crippen LogP contribution in [0.25, 0.3) is 0 Å². The predicted octanol–water partition coefficient (Wildman–Crippen LogP) is 6.72. The third kappa shape index (κ3) is 7.99. The first-order valence-corrected chi connectivity index (χ1v) is 8.67. The van der Waals surface area contributed by atoms with Crippen LogP contribution in [-0.4, -0.2) is 0 Å². The van der Waals surface area contributed by atoms with Crippen molar-refractivity contribution in [2.45, 2.75) is 84.1 Å². The average molecular weight is 289 g/mol. The normalized spacial score (nSPS) is 12.3. The molecule has 1 rings (SSSR count). The van der Waals surface area contributed by atoms with Gasteiger partial charge in [0, 0.05) is 0 Å². The van der Waals surface area contributed by atoms with Gasteiger partial charge in [-0.1, -0.05) is 99.7 Å². The number of nitroso groups, excluding NO2 is 1. The van der Waals surface area contributed by atoms with E-state index in [-0.39, 0.29) is 6.04 Å². The Balaban J connectivity index is 2.10. The largest absolute Gasteiger partial charge is 0.150 e. The van der Waals surface area contributed by atoms with E-state index in [1.165, 1.54) is 56.9 Å². The van der Waals surface area contributed by atoms with E-state index in [2.05, 4.69) is 31.2 Å². The maximum Gasteiger partial charge on any atom is 0.117 e. The van der Waals surface area contributed by atoms with E-state index in [9.17, 15) is 4.91 Å². The fraction of sp³-hybridized carbons (Fsp3) is 0.684. The first kappa shape index (κ1) is 17.9. The maximum atomic E-state index is 11.0. The Labute approximate surface area is 130 Å². The number of unbranched alkanes of at least 4 members (excludes halogenated alkanes) is 8. The number of rotatable bonds is 12. The molecule has 0 amide bonds.